The van der Waals surface area contributed by atoms with Crippen molar-refractivity contribution in [3.63, 3.8) is 0 Å². The smallest absolute Gasteiger partial charge is 0.246 e. The molecule has 0 N–H and O–H groups in total. The molecule has 0 aliphatic carbocycles. The van der Waals surface area contributed by atoms with Gasteiger partial charge in [0.05, 0.1) is 0 Å². The van der Waals surface area contributed by atoms with Crippen molar-refractivity contribution in [1.82, 2.24) is 9.80 Å². The topological polar surface area (TPSA) is 23.6 Å². The van der Waals surface area contributed by atoms with E-state index < -0.39 is 0 Å². The summed E-state index contributed by atoms with van der Waals surface area (Å²) >= 11 is 0. The highest BCUT2D eigenvalue weighted by molar-refractivity contribution is 5.91. The molecule has 1 aromatic rings. The summed E-state index contributed by atoms with van der Waals surface area (Å²) in [5.41, 5.74) is 0.839. The molecule has 1 saturated heterocycles. The predicted molar refractivity (Wildman–Crippen MR) is 88.0 cm³/mol. The van der Waals surface area contributed by atoms with Crippen molar-refractivity contribution < 1.29 is 9.18 Å². The fourth-order valence-electron chi connectivity index (χ4n) is 2.72. The van der Waals surface area contributed by atoms with Crippen LogP contribution in [0.25, 0.3) is 6.08 Å². The first-order valence-electron chi connectivity index (χ1n) is 8.14. The summed E-state index contributed by atoms with van der Waals surface area (Å²) in [5, 5.41) is 0. The minimum absolute atomic E-state index is 0.0328. The molecule has 1 aliphatic rings. The lowest BCUT2D eigenvalue weighted by Crippen LogP contribution is -2.37. The molecule has 3 nitrogen and oxygen atoms in total. The number of rotatable bonds is 7. The van der Waals surface area contributed by atoms with Gasteiger partial charge in [0.2, 0.25) is 5.91 Å². The Morgan fingerprint density at radius 3 is 2.55 bits per heavy atom. The van der Waals surface area contributed by atoms with Gasteiger partial charge in [0, 0.05) is 25.7 Å². The van der Waals surface area contributed by atoms with Crippen LogP contribution in [0, 0.1) is 5.82 Å². The molecule has 0 unspecified atom stereocenters. The summed E-state index contributed by atoms with van der Waals surface area (Å²) in [6.07, 6.45) is 6.84. The molecule has 1 aliphatic heterocycles. The SMILES string of the molecule is CCCN(CCN1CCCC1)C(=O)/C=C/c1ccc(F)cc1. The molecule has 0 spiro atoms. The Balaban J connectivity index is 1.88. The summed E-state index contributed by atoms with van der Waals surface area (Å²) in [6, 6.07) is 6.16. The zero-order chi connectivity index (χ0) is 15.8. The molecule has 120 valence electrons. The minimum Gasteiger partial charge on any atom is -0.338 e. The molecule has 0 atom stereocenters. The largest absolute Gasteiger partial charge is 0.338 e. The second-order valence-corrected chi connectivity index (χ2v) is 5.76. The van der Waals surface area contributed by atoms with Crippen LogP contribution in [0.15, 0.2) is 30.3 Å². The van der Waals surface area contributed by atoms with E-state index in [9.17, 15) is 9.18 Å². The van der Waals surface area contributed by atoms with Crippen molar-refractivity contribution in [2.24, 2.45) is 0 Å². The standard InChI is InChI=1S/C18H25FN2O/c1-2-11-21(15-14-20-12-3-4-13-20)18(22)10-7-16-5-8-17(19)9-6-16/h5-10H,2-4,11-15H2,1H3/b10-7+. The predicted octanol–water partition coefficient (Wildman–Crippen LogP) is 3.17. The average Bonchev–Trinajstić information content (AvgIpc) is 3.04. The van der Waals surface area contributed by atoms with E-state index in [4.69, 9.17) is 0 Å². The maximum atomic E-state index is 12.9. The van der Waals surface area contributed by atoms with Crippen molar-refractivity contribution in [3.05, 3.63) is 41.7 Å². The molecule has 1 heterocycles. The quantitative estimate of drug-likeness (QED) is 0.722. The van der Waals surface area contributed by atoms with Gasteiger partial charge in [-0.1, -0.05) is 19.1 Å². The van der Waals surface area contributed by atoms with Gasteiger partial charge in [-0.05, 0) is 56.1 Å². The highest BCUT2D eigenvalue weighted by Gasteiger charge is 2.15. The van der Waals surface area contributed by atoms with Gasteiger partial charge in [0.15, 0.2) is 0 Å². The van der Waals surface area contributed by atoms with Crippen LogP contribution in [-0.2, 0) is 4.79 Å². The zero-order valence-corrected chi connectivity index (χ0v) is 13.3. The molecule has 0 saturated carbocycles. The van der Waals surface area contributed by atoms with E-state index in [1.54, 1.807) is 24.3 Å². The Kier molecular flexibility index (Phi) is 6.59. The van der Waals surface area contributed by atoms with Crippen molar-refractivity contribution in [2.45, 2.75) is 26.2 Å². The molecule has 0 radical (unpaired) electrons. The molecule has 4 heteroatoms. The van der Waals surface area contributed by atoms with E-state index in [-0.39, 0.29) is 11.7 Å². The summed E-state index contributed by atoms with van der Waals surface area (Å²) in [6.45, 7) is 6.90. The number of likely N-dealkylation sites (tertiary alicyclic amines) is 1. The Labute approximate surface area is 132 Å². The van der Waals surface area contributed by atoms with Crippen molar-refractivity contribution >= 4 is 12.0 Å². The number of carbonyl (C=O) groups excluding carboxylic acids is 1. The summed E-state index contributed by atoms with van der Waals surface area (Å²) in [4.78, 5) is 16.6. The Morgan fingerprint density at radius 2 is 1.91 bits per heavy atom. The second kappa shape index (κ2) is 8.69. The summed E-state index contributed by atoms with van der Waals surface area (Å²) in [7, 11) is 0. The minimum atomic E-state index is -0.262. The van der Waals surface area contributed by atoms with Crippen LogP contribution in [0.2, 0.25) is 0 Å². The van der Waals surface area contributed by atoms with E-state index in [1.807, 2.05) is 4.90 Å². The number of hydrogen-bond donors (Lipinski definition) is 0. The Morgan fingerprint density at radius 1 is 1.23 bits per heavy atom. The van der Waals surface area contributed by atoms with Gasteiger partial charge in [0.1, 0.15) is 5.82 Å². The van der Waals surface area contributed by atoms with Crippen LogP contribution in [0.3, 0.4) is 0 Å². The van der Waals surface area contributed by atoms with E-state index in [0.717, 1.165) is 44.7 Å². The first-order chi connectivity index (χ1) is 10.7. The van der Waals surface area contributed by atoms with E-state index in [0.29, 0.717) is 0 Å². The fraction of sp³-hybridized carbons (Fsp3) is 0.500. The summed E-state index contributed by atoms with van der Waals surface area (Å²) in [5.74, 6) is -0.230. The maximum absolute atomic E-state index is 12.9. The van der Waals surface area contributed by atoms with Gasteiger partial charge in [-0.3, -0.25) is 4.79 Å². The molecule has 0 bridgehead atoms. The molecule has 2 rings (SSSR count). The molecular weight excluding hydrogens is 279 g/mol. The first kappa shape index (κ1) is 16.7. The Bertz CT molecular complexity index is 492. The van der Waals surface area contributed by atoms with Crippen LogP contribution < -0.4 is 0 Å². The molecule has 1 aromatic carbocycles. The van der Waals surface area contributed by atoms with Crippen LogP contribution in [0.4, 0.5) is 4.39 Å². The van der Waals surface area contributed by atoms with E-state index in [2.05, 4.69) is 11.8 Å². The maximum Gasteiger partial charge on any atom is 0.246 e. The van der Waals surface area contributed by atoms with Crippen LogP contribution in [0.5, 0.6) is 0 Å². The highest BCUT2D eigenvalue weighted by atomic mass is 19.1. The molecule has 1 amide bonds. The lowest BCUT2D eigenvalue weighted by atomic mass is 10.2. The number of hydrogen-bond acceptors (Lipinski definition) is 2. The van der Waals surface area contributed by atoms with Crippen molar-refractivity contribution in [3.8, 4) is 0 Å². The lowest BCUT2D eigenvalue weighted by molar-refractivity contribution is -0.126. The molecule has 1 fully saturated rings. The third-order valence-corrected chi connectivity index (χ3v) is 3.98. The Hall–Kier alpha value is -1.68. The number of benzene rings is 1. The average molecular weight is 304 g/mol. The molecule has 0 aromatic heterocycles. The summed E-state index contributed by atoms with van der Waals surface area (Å²) < 4.78 is 12.9. The third-order valence-electron chi connectivity index (χ3n) is 3.98. The van der Waals surface area contributed by atoms with Crippen LogP contribution in [-0.4, -0.2) is 48.4 Å². The van der Waals surface area contributed by atoms with Gasteiger partial charge in [-0.15, -0.1) is 0 Å². The molecule has 22 heavy (non-hydrogen) atoms. The van der Waals surface area contributed by atoms with E-state index in [1.165, 1.54) is 25.0 Å². The zero-order valence-electron chi connectivity index (χ0n) is 13.3. The second-order valence-electron chi connectivity index (χ2n) is 5.76. The van der Waals surface area contributed by atoms with Crippen LogP contribution in [0.1, 0.15) is 31.7 Å². The van der Waals surface area contributed by atoms with Gasteiger partial charge in [0.25, 0.3) is 0 Å². The van der Waals surface area contributed by atoms with Gasteiger partial charge < -0.3 is 9.80 Å². The number of carbonyl (C=O) groups is 1. The van der Waals surface area contributed by atoms with Gasteiger partial charge in [-0.25, -0.2) is 4.39 Å². The van der Waals surface area contributed by atoms with Gasteiger partial charge in [-0.2, -0.15) is 0 Å². The van der Waals surface area contributed by atoms with Crippen molar-refractivity contribution in [1.29, 1.82) is 0 Å². The third kappa shape index (κ3) is 5.26. The molecular formula is C18H25FN2O. The first-order valence-corrected chi connectivity index (χ1v) is 8.14. The van der Waals surface area contributed by atoms with Crippen molar-refractivity contribution in [2.75, 3.05) is 32.7 Å². The highest BCUT2D eigenvalue weighted by Crippen LogP contribution is 2.08. The normalized spacial score (nSPS) is 15.5. The fourth-order valence-corrected chi connectivity index (χ4v) is 2.72. The van der Waals surface area contributed by atoms with Gasteiger partial charge >= 0.3 is 0 Å². The van der Waals surface area contributed by atoms with Crippen LogP contribution >= 0.6 is 0 Å². The number of amides is 1. The monoisotopic (exact) mass is 304 g/mol. The number of nitrogens with zero attached hydrogens (tertiary/aromatic N) is 2. The lowest BCUT2D eigenvalue weighted by Gasteiger charge is -2.24. The number of halogens is 1. The van der Waals surface area contributed by atoms with E-state index >= 15 is 0 Å².